The van der Waals surface area contributed by atoms with E-state index in [0.29, 0.717) is 38.8 Å². The van der Waals surface area contributed by atoms with Crippen LogP contribution in [0.5, 0.6) is 0 Å². The van der Waals surface area contributed by atoms with Gasteiger partial charge >= 0.3 is 5.97 Å². The zero-order valence-electron chi connectivity index (χ0n) is 13.4. The fourth-order valence-electron chi connectivity index (χ4n) is 1.97. The Hall–Kier alpha value is -1.71. The molecule has 0 saturated carbocycles. The monoisotopic (exact) mass is 331 g/mol. The number of amides is 2. The average Bonchev–Trinajstić information content (AvgIpc) is 2.51. The van der Waals surface area contributed by atoms with Crippen LogP contribution in [-0.4, -0.2) is 54.6 Å². The van der Waals surface area contributed by atoms with Crippen LogP contribution >= 0.6 is 0 Å². The van der Waals surface area contributed by atoms with Gasteiger partial charge in [0.1, 0.15) is 12.6 Å². The smallest absolute Gasteiger partial charge is 0.322 e. The number of aliphatic carboxylic acids is 1. The molecule has 0 aliphatic heterocycles. The highest BCUT2D eigenvalue weighted by molar-refractivity contribution is 5.90. The van der Waals surface area contributed by atoms with Gasteiger partial charge in [-0.15, -0.1) is 0 Å². The predicted octanol–water partition coefficient (Wildman–Crippen LogP) is -1.74. The summed E-state index contributed by atoms with van der Waals surface area (Å²) in [6, 6.07) is -1.53. The number of nitrogens with two attached hydrogens (primary N) is 3. The average molecular weight is 331 g/mol. The summed E-state index contributed by atoms with van der Waals surface area (Å²) >= 11 is 0. The highest BCUT2D eigenvalue weighted by Crippen LogP contribution is 2.03. The van der Waals surface area contributed by atoms with Crippen molar-refractivity contribution in [2.75, 3.05) is 19.6 Å². The maximum Gasteiger partial charge on any atom is 0.322 e. The van der Waals surface area contributed by atoms with E-state index in [9.17, 15) is 14.4 Å². The number of hydrogen-bond acceptors (Lipinski definition) is 6. The molecule has 0 radical (unpaired) electrons. The van der Waals surface area contributed by atoms with Gasteiger partial charge in [0.25, 0.3) is 0 Å². The van der Waals surface area contributed by atoms with E-state index in [1.807, 2.05) is 0 Å². The van der Waals surface area contributed by atoms with E-state index in [4.69, 9.17) is 22.3 Å². The largest absolute Gasteiger partial charge is 0.480 e. The second-order valence-corrected chi connectivity index (χ2v) is 5.35. The summed E-state index contributed by atoms with van der Waals surface area (Å²) in [5.74, 6) is -2.11. The van der Waals surface area contributed by atoms with Gasteiger partial charge in [0.15, 0.2) is 0 Å². The van der Waals surface area contributed by atoms with Crippen LogP contribution in [0.2, 0.25) is 0 Å². The summed E-state index contributed by atoms with van der Waals surface area (Å²) in [7, 11) is 0. The van der Waals surface area contributed by atoms with Gasteiger partial charge in [-0.3, -0.25) is 14.4 Å². The Morgan fingerprint density at radius 1 is 0.913 bits per heavy atom. The molecular formula is C14H29N5O4. The summed E-state index contributed by atoms with van der Waals surface area (Å²) in [5, 5.41) is 13.4. The zero-order chi connectivity index (χ0) is 17.7. The molecule has 2 unspecified atom stereocenters. The Kier molecular flexibility index (Phi) is 11.8. The third-order valence-electron chi connectivity index (χ3n) is 3.30. The molecule has 23 heavy (non-hydrogen) atoms. The van der Waals surface area contributed by atoms with Crippen LogP contribution in [0.15, 0.2) is 0 Å². The summed E-state index contributed by atoms with van der Waals surface area (Å²) in [4.78, 5) is 34.5. The van der Waals surface area contributed by atoms with E-state index in [1.54, 1.807) is 0 Å². The van der Waals surface area contributed by atoms with Crippen molar-refractivity contribution in [3.05, 3.63) is 0 Å². The molecule has 9 nitrogen and oxygen atoms in total. The van der Waals surface area contributed by atoms with E-state index >= 15 is 0 Å². The lowest BCUT2D eigenvalue weighted by molar-refractivity contribution is -0.138. The second kappa shape index (κ2) is 12.8. The van der Waals surface area contributed by atoms with Crippen LogP contribution < -0.4 is 27.8 Å². The molecule has 0 fully saturated rings. The molecule has 0 aromatic heterocycles. The Balaban J connectivity index is 4.50. The molecule has 0 aromatic carbocycles. The van der Waals surface area contributed by atoms with Crippen molar-refractivity contribution in [1.82, 2.24) is 10.6 Å². The quantitative estimate of drug-likeness (QED) is 0.217. The molecular weight excluding hydrogens is 302 g/mol. The van der Waals surface area contributed by atoms with Gasteiger partial charge in [-0.2, -0.15) is 0 Å². The number of carboxylic acids is 1. The Bertz CT molecular complexity index is 378. The molecule has 2 atom stereocenters. The van der Waals surface area contributed by atoms with Gasteiger partial charge in [0.05, 0.1) is 6.04 Å². The summed E-state index contributed by atoms with van der Waals surface area (Å²) in [6.07, 6.45) is 3.72. The third kappa shape index (κ3) is 10.6. The molecule has 0 rings (SSSR count). The lowest BCUT2D eigenvalue weighted by Crippen LogP contribution is -2.52. The number of hydrogen-bond donors (Lipinski definition) is 6. The molecule has 0 aliphatic carbocycles. The molecule has 0 heterocycles. The van der Waals surface area contributed by atoms with Gasteiger partial charge < -0.3 is 32.9 Å². The van der Waals surface area contributed by atoms with Crippen LogP contribution in [0.25, 0.3) is 0 Å². The van der Waals surface area contributed by atoms with Crippen LogP contribution in [0, 0.1) is 0 Å². The third-order valence-corrected chi connectivity index (χ3v) is 3.30. The minimum Gasteiger partial charge on any atom is -0.480 e. The number of nitrogens with one attached hydrogen (secondary N) is 2. The molecule has 9 N–H and O–H groups in total. The standard InChI is InChI=1S/C14H29N5O4/c15-7-3-1-5-10(17)13(22)19-11(6-2-4-8-16)14(23)18-9-12(20)21/h10-11H,1-9,15-17H2,(H,18,23)(H,19,22)(H,20,21). The Morgan fingerprint density at radius 3 is 2.00 bits per heavy atom. The molecule has 0 saturated heterocycles. The number of rotatable bonds is 13. The minimum atomic E-state index is -1.15. The van der Waals surface area contributed by atoms with Crippen LogP contribution in [-0.2, 0) is 14.4 Å². The SMILES string of the molecule is NCCCCC(N)C(=O)NC(CCCCN)C(=O)NCC(=O)O. The topological polar surface area (TPSA) is 174 Å². The van der Waals surface area contributed by atoms with Crippen molar-refractivity contribution in [3.8, 4) is 0 Å². The number of carbonyl (C=O) groups is 3. The molecule has 0 spiro atoms. The summed E-state index contributed by atoms with van der Waals surface area (Å²) < 4.78 is 0. The van der Waals surface area contributed by atoms with Crippen LogP contribution in [0.3, 0.4) is 0 Å². The molecule has 134 valence electrons. The first-order valence-electron chi connectivity index (χ1n) is 7.88. The van der Waals surface area contributed by atoms with E-state index in [0.717, 1.165) is 12.8 Å². The highest BCUT2D eigenvalue weighted by atomic mass is 16.4. The molecule has 0 aliphatic rings. The minimum absolute atomic E-state index is 0.379. The van der Waals surface area contributed by atoms with Gasteiger partial charge in [-0.1, -0.05) is 6.42 Å². The highest BCUT2D eigenvalue weighted by Gasteiger charge is 2.23. The van der Waals surface area contributed by atoms with Crippen molar-refractivity contribution in [3.63, 3.8) is 0 Å². The number of unbranched alkanes of at least 4 members (excludes halogenated alkanes) is 2. The first kappa shape index (κ1) is 21.3. The zero-order valence-corrected chi connectivity index (χ0v) is 13.4. The van der Waals surface area contributed by atoms with Crippen LogP contribution in [0.4, 0.5) is 0 Å². The van der Waals surface area contributed by atoms with Crippen LogP contribution in [0.1, 0.15) is 38.5 Å². The maximum absolute atomic E-state index is 12.0. The second-order valence-electron chi connectivity index (χ2n) is 5.35. The first-order valence-corrected chi connectivity index (χ1v) is 7.88. The van der Waals surface area contributed by atoms with Crippen molar-refractivity contribution >= 4 is 17.8 Å². The van der Waals surface area contributed by atoms with Gasteiger partial charge in [-0.25, -0.2) is 0 Å². The Labute approximate surface area is 136 Å². The van der Waals surface area contributed by atoms with E-state index in [2.05, 4.69) is 10.6 Å². The fraction of sp³-hybridized carbons (Fsp3) is 0.786. The van der Waals surface area contributed by atoms with E-state index < -0.39 is 36.4 Å². The van der Waals surface area contributed by atoms with Gasteiger partial charge in [-0.05, 0) is 45.2 Å². The summed E-state index contributed by atoms with van der Waals surface area (Å²) in [5.41, 5.74) is 16.6. The van der Waals surface area contributed by atoms with E-state index in [1.165, 1.54) is 0 Å². The first-order chi connectivity index (χ1) is 10.9. The molecule has 0 aromatic rings. The van der Waals surface area contributed by atoms with Gasteiger partial charge in [0, 0.05) is 0 Å². The predicted molar refractivity (Wildman–Crippen MR) is 86.4 cm³/mol. The van der Waals surface area contributed by atoms with Crippen molar-refractivity contribution < 1.29 is 19.5 Å². The maximum atomic E-state index is 12.0. The van der Waals surface area contributed by atoms with Crippen molar-refractivity contribution in [2.24, 2.45) is 17.2 Å². The molecule has 9 heteroatoms. The number of carbonyl (C=O) groups excluding carboxylic acids is 2. The van der Waals surface area contributed by atoms with Crippen molar-refractivity contribution in [2.45, 2.75) is 50.6 Å². The van der Waals surface area contributed by atoms with Crippen molar-refractivity contribution in [1.29, 1.82) is 0 Å². The normalized spacial score (nSPS) is 13.2. The van der Waals surface area contributed by atoms with E-state index in [-0.39, 0.29) is 0 Å². The number of carboxylic acid groups (broad SMARTS) is 1. The molecule has 2 amide bonds. The lowest BCUT2D eigenvalue weighted by atomic mass is 10.1. The Morgan fingerprint density at radius 2 is 1.48 bits per heavy atom. The summed E-state index contributed by atoms with van der Waals surface area (Å²) in [6.45, 7) is 0.522. The fourth-order valence-corrected chi connectivity index (χ4v) is 1.97. The lowest BCUT2D eigenvalue weighted by Gasteiger charge is -2.20. The van der Waals surface area contributed by atoms with Gasteiger partial charge in [0.2, 0.25) is 11.8 Å². The molecule has 0 bridgehead atoms.